The van der Waals surface area contributed by atoms with Crippen molar-refractivity contribution in [3.8, 4) is 0 Å². The van der Waals surface area contributed by atoms with Gasteiger partial charge in [-0.15, -0.1) is 0 Å². The molecule has 0 saturated carbocycles. The van der Waals surface area contributed by atoms with Gasteiger partial charge in [-0.1, -0.05) is 6.07 Å². The van der Waals surface area contributed by atoms with Crippen LogP contribution in [0.3, 0.4) is 0 Å². The van der Waals surface area contributed by atoms with Gasteiger partial charge in [-0.25, -0.2) is 14.1 Å². The molecule has 0 atom stereocenters. The second-order valence-electron chi connectivity index (χ2n) is 7.82. The SMILES string of the molecule is CC(C)NC(=O)Nc1cccc2nn3c(C4CCN(C(=O)O)CC4)cc(=O)[nH]c3c12. The number of carbonyl (C=O) groups excluding carboxylic acids is 1. The van der Waals surface area contributed by atoms with Crippen LogP contribution in [0, 0.1) is 0 Å². The number of aromatic nitrogens is 3. The molecular weight excluding hydrogens is 388 g/mol. The highest BCUT2D eigenvalue weighted by atomic mass is 16.4. The molecule has 2 aromatic heterocycles. The Morgan fingerprint density at radius 3 is 2.67 bits per heavy atom. The lowest BCUT2D eigenvalue weighted by Crippen LogP contribution is -2.37. The van der Waals surface area contributed by atoms with Crippen LogP contribution >= 0.6 is 0 Å². The number of amides is 3. The summed E-state index contributed by atoms with van der Waals surface area (Å²) in [6.07, 6.45) is 0.302. The third-order valence-electron chi connectivity index (χ3n) is 5.32. The first-order chi connectivity index (χ1) is 14.3. The highest BCUT2D eigenvalue weighted by Crippen LogP contribution is 2.31. The first kappa shape index (κ1) is 19.7. The number of aromatic amines is 1. The van der Waals surface area contributed by atoms with E-state index in [-0.39, 0.29) is 23.6 Å². The van der Waals surface area contributed by atoms with Crippen LogP contribution in [0.2, 0.25) is 0 Å². The van der Waals surface area contributed by atoms with Gasteiger partial charge in [-0.05, 0) is 38.8 Å². The number of benzene rings is 1. The largest absolute Gasteiger partial charge is 0.465 e. The van der Waals surface area contributed by atoms with Crippen molar-refractivity contribution < 1.29 is 14.7 Å². The van der Waals surface area contributed by atoms with Crippen LogP contribution in [-0.2, 0) is 0 Å². The maximum Gasteiger partial charge on any atom is 0.407 e. The lowest BCUT2D eigenvalue weighted by Gasteiger charge is -2.30. The fourth-order valence-electron chi connectivity index (χ4n) is 3.97. The van der Waals surface area contributed by atoms with Gasteiger partial charge >= 0.3 is 12.1 Å². The van der Waals surface area contributed by atoms with E-state index in [0.29, 0.717) is 48.2 Å². The first-order valence-corrected chi connectivity index (χ1v) is 9.93. The Morgan fingerprint density at radius 2 is 2.00 bits per heavy atom. The van der Waals surface area contributed by atoms with Crippen molar-refractivity contribution in [2.24, 2.45) is 0 Å². The molecule has 1 saturated heterocycles. The Morgan fingerprint density at radius 1 is 1.27 bits per heavy atom. The summed E-state index contributed by atoms with van der Waals surface area (Å²) in [7, 11) is 0. The van der Waals surface area contributed by atoms with Crippen molar-refractivity contribution in [3.63, 3.8) is 0 Å². The highest BCUT2D eigenvalue weighted by Gasteiger charge is 2.26. The highest BCUT2D eigenvalue weighted by molar-refractivity contribution is 6.07. The zero-order valence-corrected chi connectivity index (χ0v) is 16.8. The standard InChI is InChI=1S/C20H24N6O4/c1-11(2)21-19(28)22-13-4-3-5-14-17(13)18-23-16(27)10-15(26(18)24-14)12-6-8-25(9-7-12)20(29)30/h3-5,10-12H,6-9H2,1-2H3,(H,23,27)(H,29,30)(H2,21,22,28). The second kappa shape index (κ2) is 7.69. The summed E-state index contributed by atoms with van der Waals surface area (Å²) >= 11 is 0. The van der Waals surface area contributed by atoms with Crippen molar-refractivity contribution in [2.75, 3.05) is 18.4 Å². The predicted octanol–water partition coefficient (Wildman–Crippen LogP) is 2.56. The molecule has 0 radical (unpaired) electrons. The molecule has 0 spiro atoms. The number of nitrogens with one attached hydrogen (secondary N) is 3. The molecule has 0 bridgehead atoms. The summed E-state index contributed by atoms with van der Waals surface area (Å²) in [5, 5.41) is 20.1. The van der Waals surface area contributed by atoms with Crippen LogP contribution in [0.5, 0.6) is 0 Å². The van der Waals surface area contributed by atoms with Crippen LogP contribution in [0.1, 0.15) is 38.3 Å². The minimum atomic E-state index is -0.926. The number of hydrogen-bond acceptors (Lipinski definition) is 4. The fraction of sp³-hybridized carbons (Fsp3) is 0.400. The van der Waals surface area contributed by atoms with Crippen LogP contribution in [0.4, 0.5) is 15.3 Å². The van der Waals surface area contributed by atoms with Gasteiger partial charge in [0.05, 0.1) is 22.3 Å². The van der Waals surface area contributed by atoms with Crippen LogP contribution in [-0.4, -0.2) is 55.9 Å². The van der Waals surface area contributed by atoms with E-state index < -0.39 is 6.09 Å². The van der Waals surface area contributed by atoms with Crippen molar-refractivity contribution >= 4 is 34.4 Å². The number of nitrogens with zero attached hydrogens (tertiary/aromatic N) is 3. The molecule has 158 valence electrons. The lowest BCUT2D eigenvalue weighted by molar-refractivity contribution is 0.131. The third-order valence-corrected chi connectivity index (χ3v) is 5.32. The normalized spacial score (nSPS) is 15.1. The molecule has 4 N–H and O–H groups in total. The molecule has 3 amide bonds. The number of H-pyrrole nitrogens is 1. The predicted molar refractivity (Wildman–Crippen MR) is 112 cm³/mol. The van der Waals surface area contributed by atoms with E-state index in [0.717, 1.165) is 5.69 Å². The van der Waals surface area contributed by atoms with Gasteiger partial charge in [0.2, 0.25) is 0 Å². The molecule has 1 aliphatic rings. The van der Waals surface area contributed by atoms with Gasteiger partial charge in [0.15, 0.2) is 0 Å². The summed E-state index contributed by atoms with van der Waals surface area (Å²) in [5.74, 6) is 0.0142. The zero-order valence-electron chi connectivity index (χ0n) is 16.8. The van der Waals surface area contributed by atoms with Gasteiger partial charge in [-0.2, -0.15) is 5.10 Å². The lowest BCUT2D eigenvalue weighted by atomic mass is 9.93. The molecule has 10 heteroatoms. The van der Waals surface area contributed by atoms with E-state index in [1.165, 1.54) is 11.0 Å². The van der Waals surface area contributed by atoms with Crippen molar-refractivity contribution in [3.05, 3.63) is 40.3 Å². The van der Waals surface area contributed by atoms with Gasteiger partial charge in [-0.3, -0.25) is 4.79 Å². The summed E-state index contributed by atoms with van der Waals surface area (Å²) in [6, 6.07) is 6.55. The Balaban J connectivity index is 1.77. The topological polar surface area (TPSA) is 132 Å². The molecule has 3 heterocycles. The molecular formula is C20H24N6O4. The van der Waals surface area contributed by atoms with Crippen LogP contribution in [0.25, 0.3) is 16.6 Å². The van der Waals surface area contributed by atoms with Crippen LogP contribution in [0.15, 0.2) is 29.1 Å². The number of carboxylic acid groups (broad SMARTS) is 1. The van der Waals surface area contributed by atoms with E-state index >= 15 is 0 Å². The first-order valence-electron chi connectivity index (χ1n) is 9.93. The number of likely N-dealkylation sites (tertiary alicyclic amines) is 1. The molecule has 4 rings (SSSR count). The number of rotatable bonds is 3. The van der Waals surface area contributed by atoms with Gasteiger partial charge < -0.3 is 25.6 Å². The molecule has 3 aromatic rings. The molecule has 10 nitrogen and oxygen atoms in total. The van der Waals surface area contributed by atoms with E-state index in [2.05, 4.69) is 20.7 Å². The average molecular weight is 412 g/mol. The molecule has 1 aromatic carbocycles. The van der Waals surface area contributed by atoms with Crippen molar-refractivity contribution in [1.82, 2.24) is 24.8 Å². The minimum Gasteiger partial charge on any atom is -0.465 e. The van der Waals surface area contributed by atoms with Gasteiger partial charge in [0.25, 0.3) is 5.56 Å². The molecule has 1 fully saturated rings. The van der Waals surface area contributed by atoms with Crippen LogP contribution < -0.4 is 16.2 Å². The minimum absolute atomic E-state index is 0.0142. The molecule has 1 aliphatic heterocycles. The Labute approximate surface area is 171 Å². The number of fused-ring (bicyclic) bond motifs is 3. The van der Waals surface area contributed by atoms with E-state index in [1.54, 1.807) is 16.6 Å². The third kappa shape index (κ3) is 3.68. The molecule has 0 unspecified atom stereocenters. The van der Waals surface area contributed by atoms with E-state index in [9.17, 15) is 19.5 Å². The van der Waals surface area contributed by atoms with Gasteiger partial charge in [0, 0.05) is 31.1 Å². The number of anilines is 1. The summed E-state index contributed by atoms with van der Waals surface area (Å²) < 4.78 is 1.71. The molecule has 30 heavy (non-hydrogen) atoms. The maximum absolute atomic E-state index is 12.4. The van der Waals surface area contributed by atoms with Gasteiger partial charge in [0.1, 0.15) is 5.65 Å². The zero-order chi connectivity index (χ0) is 21.4. The Hall–Kier alpha value is -3.56. The monoisotopic (exact) mass is 412 g/mol. The quantitative estimate of drug-likeness (QED) is 0.525. The summed E-state index contributed by atoms with van der Waals surface area (Å²) in [4.78, 5) is 40.1. The number of piperidine rings is 1. The van der Waals surface area contributed by atoms with Crippen molar-refractivity contribution in [2.45, 2.75) is 38.6 Å². The van der Waals surface area contributed by atoms with E-state index in [4.69, 9.17) is 0 Å². The maximum atomic E-state index is 12.4. The van der Waals surface area contributed by atoms with E-state index in [1.807, 2.05) is 19.9 Å². The molecule has 0 aliphatic carbocycles. The second-order valence-corrected chi connectivity index (χ2v) is 7.82. The van der Waals surface area contributed by atoms with Crippen molar-refractivity contribution in [1.29, 1.82) is 0 Å². The number of urea groups is 1. The average Bonchev–Trinajstić information content (AvgIpc) is 3.06. The fourth-order valence-corrected chi connectivity index (χ4v) is 3.97. The summed E-state index contributed by atoms with van der Waals surface area (Å²) in [6.45, 7) is 4.57. The Kier molecular flexibility index (Phi) is 5.06. The number of hydrogen-bond donors (Lipinski definition) is 4. The Bertz CT molecular complexity index is 1170. The number of carbonyl (C=O) groups is 2. The smallest absolute Gasteiger partial charge is 0.407 e. The summed E-state index contributed by atoms with van der Waals surface area (Å²) in [5.41, 5.74) is 2.18.